The summed E-state index contributed by atoms with van der Waals surface area (Å²) in [5.41, 5.74) is 6.38. The zero-order chi connectivity index (χ0) is 16.4. The van der Waals surface area contributed by atoms with E-state index in [1.54, 1.807) is 0 Å². The summed E-state index contributed by atoms with van der Waals surface area (Å²) >= 11 is 0. The van der Waals surface area contributed by atoms with Crippen LogP contribution in [0.15, 0.2) is 12.3 Å². The largest absolute Gasteiger partial charge is 0.478 e. The van der Waals surface area contributed by atoms with Gasteiger partial charge in [0.05, 0.1) is 17.9 Å². The highest BCUT2D eigenvalue weighted by Gasteiger charge is 2.31. The van der Waals surface area contributed by atoms with Crippen molar-refractivity contribution in [3.05, 3.63) is 17.8 Å². The lowest BCUT2D eigenvalue weighted by Crippen LogP contribution is -2.50. The standard InChI is InChI=1S/C15H20N4O4/c16-12-8-10(14(20)21)9-17-13(12)18-5-2-11(3-6-18)19-4-1-7-23-15(19)22/h8-9,11H,1-7,16H2,(H,20,21). The Morgan fingerprint density at radius 3 is 2.70 bits per heavy atom. The van der Waals surface area contributed by atoms with Gasteiger partial charge in [0.1, 0.15) is 0 Å². The van der Waals surface area contributed by atoms with Crippen molar-refractivity contribution in [2.24, 2.45) is 0 Å². The first-order valence-electron chi connectivity index (χ1n) is 7.73. The highest BCUT2D eigenvalue weighted by atomic mass is 16.6. The molecule has 2 saturated heterocycles. The van der Waals surface area contributed by atoms with E-state index in [0.717, 1.165) is 38.9 Å². The zero-order valence-electron chi connectivity index (χ0n) is 12.8. The summed E-state index contributed by atoms with van der Waals surface area (Å²) in [7, 11) is 0. The number of nitrogens with zero attached hydrogens (tertiary/aromatic N) is 3. The van der Waals surface area contributed by atoms with Crippen molar-refractivity contribution in [2.45, 2.75) is 25.3 Å². The topological polar surface area (TPSA) is 109 Å². The minimum absolute atomic E-state index is 0.0807. The Kier molecular flexibility index (Phi) is 4.22. The predicted octanol–water partition coefficient (Wildman–Crippen LogP) is 1.17. The number of carbonyl (C=O) groups excluding carboxylic acids is 1. The van der Waals surface area contributed by atoms with Crippen molar-refractivity contribution in [3.63, 3.8) is 0 Å². The minimum Gasteiger partial charge on any atom is -0.478 e. The van der Waals surface area contributed by atoms with Gasteiger partial charge in [0.25, 0.3) is 0 Å². The molecule has 3 rings (SSSR count). The number of carbonyl (C=O) groups is 2. The number of nitrogen functional groups attached to an aromatic ring is 1. The molecule has 0 bridgehead atoms. The number of aromatic nitrogens is 1. The average Bonchev–Trinajstić information content (AvgIpc) is 2.55. The Balaban J connectivity index is 1.65. The van der Waals surface area contributed by atoms with E-state index in [1.807, 2.05) is 9.80 Å². The van der Waals surface area contributed by atoms with Gasteiger partial charge >= 0.3 is 12.1 Å². The number of rotatable bonds is 3. The molecule has 0 radical (unpaired) electrons. The highest BCUT2D eigenvalue weighted by Crippen LogP contribution is 2.27. The van der Waals surface area contributed by atoms with Crippen LogP contribution in [0.3, 0.4) is 0 Å². The molecule has 0 aromatic carbocycles. The third-order valence-corrected chi connectivity index (χ3v) is 4.35. The third kappa shape index (κ3) is 3.15. The SMILES string of the molecule is Nc1cc(C(=O)O)cnc1N1CCC(N2CCCOC2=O)CC1. The van der Waals surface area contributed by atoms with E-state index < -0.39 is 5.97 Å². The Hall–Kier alpha value is -2.51. The molecule has 0 saturated carbocycles. The van der Waals surface area contributed by atoms with Gasteiger partial charge in [-0.3, -0.25) is 0 Å². The summed E-state index contributed by atoms with van der Waals surface area (Å²) < 4.78 is 5.10. The van der Waals surface area contributed by atoms with Gasteiger partial charge in [-0.1, -0.05) is 0 Å². The van der Waals surface area contributed by atoms with Crippen LogP contribution in [0.2, 0.25) is 0 Å². The number of ether oxygens (including phenoxy) is 1. The summed E-state index contributed by atoms with van der Waals surface area (Å²) in [6, 6.07) is 1.61. The molecular formula is C15H20N4O4. The molecule has 23 heavy (non-hydrogen) atoms. The van der Waals surface area contributed by atoms with E-state index in [9.17, 15) is 9.59 Å². The molecule has 2 fully saturated rings. The highest BCUT2D eigenvalue weighted by molar-refractivity contribution is 5.89. The fourth-order valence-corrected chi connectivity index (χ4v) is 3.15. The van der Waals surface area contributed by atoms with Crippen LogP contribution in [0.4, 0.5) is 16.3 Å². The van der Waals surface area contributed by atoms with Crippen LogP contribution in [0.5, 0.6) is 0 Å². The number of nitrogens with two attached hydrogens (primary N) is 1. The van der Waals surface area contributed by atoms with Crippen LogP contribution in [0.1, 0.15) is 29.6 Å². The molecule has 1 aromatic heterocycles. The van der Waals surface area contributed by atoms with E-state index >= 15 is 0 Å². The third-order valence-electron chi connectivity index (χ3n) is 4.35. The lowest BCUT2D eigenvalue weighted by Gasteiger charge is -2.40. The van der Waals surface area contributed by atoms with Crippen molar-refractivity contribution >= 4 is 23.6 Å². The van der Waals surface area contributed by atoms with E-state index in [1.165, 1.54) is 12.3 Å². The fraction of sp³-hybridized carbons (Fsp3) is 0.533. The van der Waals surface area contributed by atoms with E-state index in [-0.39, 0.29) is 17.7 Å². The normalized spacial score (nSPS) is 19.6. The van der Waals surface area contributed by atoms with Gasteiger partial charge in [-0.2, -0.15) is 0 Å². The van der Waals surface area contributed by atoms with Crippen LogP contribution in [-0.4, -0.2) is 59.3 Å². The number of amides is 1. The molecule has 3 N–H and O–H groups in total. The molecule has 0 unspecified atom stereocenters. The van der Waals surface area contributed by atoms with Crippen molar-refractivity contribution in [1.82, 2.24) is 9.88 Å². The van der Waals surface area contributed by atoms with Crippen LogP contribution in [0, 0.1) is 0 Å². The number of piperidine rings is 1. The predicted molar refractivity (Wildman–Crippen MR) is 83.5 cm³/mol. The Labute approximate surface area is 133 Å². The monoisotopic (exact) mass is 320 g/mol. The summed E-state index contributed by atoms with van der Waals surface area (Å²) in [6.45, 7) is 2.69. The number of anilines is 2. The van der Waals surface area contributed by atoms with Gasteiger partial charge in [-0.05, 0) is 25.3 Å². The number of carboxylic acid groups (broad SMARTS) is 1. The molecular weight excluding hydrogens is 300 g/mol. The van der Waals surface area contributed by atoms with Crippen molar-refractivity contribution < 1.29 is 19.4 Å². The van der Waals surface area contributed by atoms with Crippen LogP contribution in [-0.2, 0) is 4.74 Å². The van der Waals surface area contributed by atoms with Crippen molar-refractivity contribution in [3.8, 4) is 0 Å². The Bertz CT molecular complexity index is 613. The van der Waals surface area contributed by atoms with Crippen molar-refractivity contribution in [1.29, 1.82) is 0 Å². The quantitative estimate of drug-likeness (QED) is 0.860. The smallest absolute Gasteiger partial charge is 0.410 e. The number of aromatic carboxylic acids is 1. The van der Waals surface area contributed by atoms with Gasteiger partial charge in [-0.15, -0.1) is 0 Å². The second-order valence-electron chi connectivity index (χ2n) is 5.82. The molecule has 1 amide bonds. The molecule has 1 aromatic rings. The molecule has 2 aliphatic rings. The van der Waals surface area contributed by atoms with Crippen molar-refractivity contribution in [2.75, 3.05) is 36.9 Å². The number of hydrogen-bond acceptors (Lipinski definition) is 6. The first-order chi connectivity index (χ1) is 11.1. The second-order valence-corrected chi connectivity index (χ2v) is 5.82. The molecule has 2 aliphatic heterocycles. The maximum absolute atomic E-state index is 11.8. The molecule has 0 atom stereocenters. The maximum Gasteiger partial charge on any atom is 0.410 e. The maximum atomic E-state index is 11.8. The molecule has 0 aliphatic carbocycles. The van der Waals surface area contributed by atoms with Crippen LogP contribution in [0.25, 0.3) is 0 Å². The summed E-state index contributed by atoms with van der Waals surface area (Å²) in [5, 5.41) is 8.96. The van der Waals surface area contributed by atoms with E-state index in [2.05, 4.69) is 4.98 Å². The fourth-order valence-electron chi connectivity index (χ4n) is 3.15. The first kappa shape index (κ1) is 15.4. The molecule has 124 valence electrons. The van der Waals surface area contributed by atoms with Crippen LogP contribution < -0.4 is 10.6 Å². The number of hydrogen-bond donors (Lipinski definition) is 2. The lowest BCUT2D eigenvalue weighted by molar-refractivity contribution is 0.0499. The number of pyridine rings is 1. The lowest BCUT2D eigenvalue weighted by atomic mass is 10.0. The summed E-state index contributed by atoms with van der Waals surface area (Å²) in [5.74, 6) is -0.437. The van der Waals surface area contributed by atoms with Crippen LogP contribution >= 0.6 is 0 Å². The number of carboxylic acids is 1. The Morgan fingerprint density at radius 2 is 2.09 bits per heavy atom. The minimum atomic E-state index is -1.04. The van der Waals surface area contributed by atoms with Gasteiger partial charge in [0, 0.05) is 31.9 Å². The number of cyclic esters (lactones) is 1. The molecule has 3 heterocycles. The van der Waals surface area contributed by atoms with Gasteiger partial charge < -0.3 is 25.4 Å². The van der Waals surface area contributed by atoms with Gasteiger partial charge in [0.2, 0.25) is 0 Å². The van der Waals surface area contributed by atoms with E-state index in [4.69, 9.17) is 15.6 Å². The summed E-state index contributed by atoms with van der Waals surface area (Å²) in [6.07, 6.45) is 3.60. The van der Waals surface area contributed by atoms with E-state index in [0.29, 0.717) is 18.1 Å². The molecule has 8 nitrogen and oxygen atoms in total. The Morgan fingerprint density at radius 1 is 1.35 bits per heavy atom. The van der Waals surface area contributed by atoms with Gasteiger partial charge in [-0.25, -0.2) is 14.6 Å². The second kappa shape index (κ2) is 6.31. The summed E-state index contributed by atoms with van der Waals surface area (Å²) in [4.78, 5) is 30.8. The molecule has 8 heteroatoms. The first-order valence-corrected chi connectivity index (χ1v) is 7.73. The average molecular weight is 320 g/mol. The zero-order valence-corrected chi connectivity index (χ0v) is 12.8. The molecule has 0 spiro atoms. The van der Waals surface area contributed by atoms with Gasteiger partial charge in [0.15, 0.2) is 5.82 Å².